The Morgan fingerprint density at radius 3 is 2.80 bits per heavy atom. The summed E-state index contributed by atoms with van der Waals surface area (Å²) in [5, 5.41) is 3.03. The van der Waals surface area contributed by atoms with Crippen molar-refractivity contribution in [3.63, 3.8) is 0 Å². The number of likely N-dealkylation sites (N-methyl/N-ethyl adjacent to an activating group) is 1. The van der Waals surface area contributed by atoms with E-state index in [1.807, 2.05) is 14.0 Å². The third kappa shape index (κ3) is 3.41. The van der Waals surface area contributed by atoms with E-state index in [4.69, 9.17) is 0 Å². The summed E-state index contributed by atoms with van der Waals surface area (Å²) in [6, 6.07) is 0.115. The zero-order chi connectivity index (χ0) is 11.3. The van der Waals surface area contributed by atoms with Gasteiger partial charge < -0.3 is 5.32 Å². The average molecular weight is 235 g/mol. The highest BCUT2D eigenvalue weighted by Gasteiger charge is 2.32. The normalized spacial score (nSPS) is 23.5. The molecule has 5 nitrogen and oxygen atoms in total. The molecule has 1 aliphatic heterocycles. The molecular formula is C9H21N3O2S. The summed E-state index contributed by atoms with van der Waals surface area (Å²) in [7, 11) is -1.40. The third-order valence-electron chi connectivity index (χ3n) is 2.61. The molecule has 0 amide bonds. The first kappa shape index (κ1) is 12.9. The summed E-state index contributed by atoms with van der Waals surface area (Å²) in [6.45, 7) is 3.85. The van der Waals surface area contributed by atoms with Gasteiger partial charge in [-0.3, -0.25) is 0 Å². The molecule has 1 fully saturated rings. The summed E-state index contributed by atoms with van der Waals surface area (Å²) in [4.78, 5) is 0. The highest BCUT2D eigenvalue weighted by atomic mass is 32.2. The maximum absolute atomic E-state index is 11.9. The molecule has 0 aromatic carbocycles. The molecule has 0 bridgehead atoms. The molecule has 1 rings (SSSR count). The highest BCUT2D eigenvalue weighted by Crippen LogP contribution is 2.19. The molecular weight excluding hydrogens is 214 g/mol. The van der Waals surface area contributed by atoms with Gasteiger partial charge in [-0.1, -0.05) is 6.92 Å². The van der Waals surface area contributed by atoms with Crippen LogP contribution in [0.4, 0.5) is 0 Å². The summed E-state index contributed by atoms with van der Waals surface area (Å²) in [5.41, 5.74) is 0. The lowest BCUT2D eigenvalue weighted by Crippen LogP contribution is -2.46. The lowest BCUT2D eigenvalue weighted by Gasteiger charge is -2.23. The number of nitrogens with zero attached hydrogens (tertiary/aromatic N) is 1. The average Bonchev–Trinajstić information content (AvgIpc) is 2.64. The second kappa shape index (κ2) is 5.79. The van der Waals surface area contributed by atoms with Crippen molar-refractivity contribution in [3.05, 3.63) is 0 Å². The lowest BCUT2D eigenvalue weighted by molar-refractivity contribution is 0.373. The predicted molar refractivity (Wildman–Crippen MR) is 60.9 cm³/mol. The maximum atomic E-state index is 11.9. The van der Waals surface area contributed by atoms with Crippen molar-refractivity contribution in [3.8, 4) is 0 Å². The summed E-state index contributed by atoms with van der Waals surface area (Å²) in [6.07, 6.45) is 2.73. The Morgan fingerprint density at radius 1 is 1.47 bits per heavy atom. The number of hydrogen-bond donors (Lipinski definition) is 2. The molecule has 15 heavy (non-hydrogen) atoms. The van der Waals surface area contributed by atoms with E-state index in [1.54, 1.807) is 4.31 Å². The van der Waals surface area contributed by atoms with E-state index >= 15 is 0 Å². The molecule has 0 aliphatic carbocycles. The van der Waals surface area contributed by atoms with Crippen molar-refractivity contribution < 1.29 is 8.42 Å². The van der Waals surface area contributed by atoms with Gasteiger partial charge in [-0.2, -0.15) is 12.7 Å². The topological polar surface area (TPSA) is 61.4 Å². The molecule has 1 saturated heterocycles. The fourth-order valence-corrected chi connectivity index (χ4v) is 3.45. The quantitative estimate of drug-likeness (QED) is 0.676. The third-order valence-corrected chi connectivity index (χ3v) is 4.27. The standard InChI is InChI=1S/C9H21N3O2S/c1-3-6-11-15(13,14)12-7-4-5-9(12)8-10-2/h9-11H,3-8H2,1-2H3. The van der Waals surface area contributed by atoms with Crippen LogP contribution in [0.2, 0.25) is 0 Å². The minimum absolute atomic E-state index is 0.115. The maximum Gasteiger partial charge on any atom is 0.279 e. The van der Waals surface area contributed by atoms with Gasteiger partial charge >= 0.3 is 0 Å². The van der Waals surface area contributed by atoms with E-state index in [0.717, 1.165) is 25.8 Å². The van der Waals surface area contributed by atoms with Crippen LogP contribution in [0.25, 0.3) is 0 Å². The smallest absolute Gasteiger partial charge is 0.279 e. The van der Waals surface area contributed by atoms with Crippen LogP contribution in [0.1, 0.15) is 26.2 Å². The molecule has 1 heterocycles. The Labute approximate surface area is 92.4 Å². The zero-order valence-corrected chi connectivity index (χ0v) is 10.3. The van der Waals surface area contributed by atoms with E-state index in [2.05, 4.69) is 10.0 Å². The van der Waals surface area contributed by atoms with Crippen LogP contribution >= 0.6 is 0 Å². The molecule has 0 spiro atoms. The fourth-order valence-electron chi connectivity index (χ4n) is 1.88. The van der Waals surface area contributed by atoms with Crippen LogP contribution in [0.3, 0.4) is 0 Å². The largest absolute Gasteiger partial charge is 0.318 e. The minimum Gasteiger partial charge on any atom is -0.318 e. The van der Waals surface area contributed by atoms with Crippen molar-refractivity contribution >= 4 is 10.2 Å². The molecule has 1 atom stereocenters. The van der Waals surface area contributed by atoms with Crippen molar-refractivity contribution in [2.75, 3.05) is 26.7 Å². The van der Waals surface area contributed by atoms with E-state index < -0.39 is 10.2 Å². The van der Waals surface area contributed by atoms with Crippen molar-refractivity contribution in [1.82, 2.24) is 14.3 Å². The van der Waals surface area contributed by atoms with Crippen molar-refractivity contribution in [2.24, 2.45) is 0 Å². The fraction of sp³-hybridized carbons (Fsp3) is 1.00. The molecule has 0 aromatic rings. The van der Waals surface area contributed by atoms with Gasteiger partial charge in [0.1, 0.15) is 0 Å². The molecule has 0 radical (unpaired) electrons. The van der Waals surface area contributed by atoms with Crippen LogP contribution in [-0.2, 0) is 10.2 Å². The predicted octanol–water partition coefficient (Wildman–Crippen LogP) is -0.0854. The van der Waals surface area contributed by atoms with Gasteiger partial charge in [0.05, 0.1) is 0 Å². The summed E-state index contributed by atoms with van der Waals surface area (Å²) < 4.78 is 27.9. The number of rotatable bonds is 6. The molecule has 2 N–H and O–H groups in total. The molecule has 0 saturated carbocycles. The van der Waals surface area contributed by atoms with Gasteiger partial charge in [-0.15, -0.1) is 0 Å². The van der Waals surface area contributed by atoms with Crippen LogP contribution in [0, 0.1) is 0 Å². The number of nitrogens with one attached hydrogen (secondary N) is 2. The summed E-state index contributed by atoms with van der Waals surface area (Å²) >= 11 is 0. The molecule has 0 aromatic heterocycles. The Kier molecular flexibility index (Phi) is 4.98. The van der Waals surface area contributed by atoms with E-state index in [9.17, 15) is 8.42 Å². The van der Waals surface area contributed by atoms with Gasteiger partial charge in [-0.25, -0.2) is 4.72 Å². The van der Waals surface area contributed by atoms with Gasteiger partial charge in [0.15, 0.2) is 0 Å². The Hall–Kier alpha value is -0.170. The Bertz CT molecular complexity index is 279. The highest BCUT2D eigenvalue weighted by molar-refractivity contribution is 7.87. The number of hydrogen-bond acceptors (Lipinski definition) is 3. The van der Waals surface area contributed by atoms with Crippen LogP contribution in [-0.4, -0.2) is 45.4 Å². The summed E-state index contributed by atoms with van der Waals surface area (Å²) in [5.74, 6) is 0. The minimum atomic E-state index is -3.25. The van der Waals surface area contributed by atoms with Crippen molar-refractivity contribution in [1.29, 1.82) is 0 Å². The second-order valence-electron chi connectivity index (χ2n) is 3.86. The Balaban J connectivity index is 2.60. The van der Waals surface area contributed by atoms with E-state index in [-0.39, 0.29) is 6.04 Å². The zero-order valence-electron chi connectivity index (χ0n) is 9.49. The monoisotopic (exact) mass is 235 g/mol. The van der Waals surface area contributed by atoms with Crippen molar-refractivity contribution in [2.45, 2.75) is 32.2 Å². The molecule has 6 heteroatoms. The van der Waals surface area contributed by atoms with Crippen LogP contribution in [0.15, 0.2) is 0 Å². The molecule has 90 valence electrons. The molecule has 1 aliphatic rings. The first-order valence-electron chi connectivity index (χ1n) is 5.53. The van der Waals surface area contributed by atoms with Gasteiger partial charge in [0, 0.05) is 25.7 Å². The van der Waals surface area contributed by atoms with E-state index in [1.165, 1.54) is 0 Å². The van der Waals surface area contributed by atoms with Crippen LogP contribution in [0.5, 0.6) is 0 Å². The second-order valence-corrected chi connectivity index (χ2v) is 5.57. The Morgan fingerprint density at radius 2 is 2.20 bits per heavy atom. The lowest BCUT2D eigenvalue weighted by atomic mass is 10.2. The van der Waals surface area contributed by atoms with Gasteiger partial charge in [0.2, 0.25) is 0 Å². The van der Waals surface area contributed by atoms with Gasteiger partial charge in [0.25, 0.3) is 10.2 Å². The molecule has 1 unspecified atom stereocenters. The van der Waals surface area contributed by atoms with E-state index in [0.29, 0.717) is 13.1 Å². The van der Waals surface area contributed by atoms with Crippen LogP contribution < -0.4 is 10.0 Å². The SMILES string of the molecule is CCCNS(=O)(=O)N1CCCC1CNC. The van der Waals surface area contributed by atoms with Gasteiger partial charge in [-0.05, 0) is 26.3 Å². The first-order chi connectivity index (χ1) is 7.11. The first-order valence-corrected chi connectivity index (χ1v) is 6.97.